The number of nitrogens with zero attached hydrogens (tertiary/aromatic N) is 4. The first-order valence-corrected chi connectivity index (χ1v) is 9.08. The second-order valence-corrected chi connectivity index (χ2v) is 6.50. The van der Waals surface area contributed by atoms with Crippen molar-refractivity contribution in [2.24, 2.45) is 10.2 Å². The number of aliphatic hydroxyl groups excluding tert-OH is 1. The van der Waals surface area contributed by atoms with Crippen molar-refractivity contribution in [2.45, 2.75) is 37.8 Å². The number of benzene rings is 1. The van der Waals surface area contributed by atoms with Crippen molar-refractivity contribution < 1.29 is 9.90 Å². The third-order valence-electron chi connectivity index (χ3n) is 4.49. The highest BCUT2D eigenvalue weighted by Gasteiger charge is 2.38. The minimum atomic E-state index is -0.414. The van der Waals surface area contributed by atoms with E-state index in [0.29, 0.717) is 44.3 Å². The number of aryl methyl sites for hydroxylation is 1. The van der Waals surface area contributed by atoms with Gasteiger partial charge in [0.2, 0.25) is 0 Å². The summed E-state index contributed by atoms with van der Waals surface area (Å²) in [6, 6.07) is 9.62. The Balaban J connectivity index is 1.65. The molecule has 0 bridgehead atoms. The summed E-state index contributed by atoms with van der Waals surface area (Å²) in [6.45, 7) is 0.520. The zero-order valence-electron chi connectivity index (χ0n) is 15.1. The average molecular weight is 365 g/mol. The second kappa shape index (κ2) is 8.60. The first-order chi connectivity index (χ1) is 13.2. The van der Waals surface area contributed by atoms with Gasteiger partial charge >= 0.3 is 0 Å². The zero-order valence-corrected chi connectivity index (χ0v) is 15.1. The summed E-state index contributed by atoms with van der Waals surface area (Å²) >= 11 is 0. The molecule has 0 atom stereocenters. The minimum Gasteiger partial charge on any atom is -0.396 e. The molecule has 0 aliphatic carbocycles. The molecule has 0 fully saturated rings. The van der Waals surface area contributed by atoms with E-state index in [0.717, 1.165) is 11.3 Å². The van der Waals surface area contributed by atoms with Crippen LogP contribution in [-0.2, 0) is 6.42 Å². The summed E-state index contributed by atoms with van der Waals surface area (Å²) in [5.41, 5.74) is 1.66. The van der Waals surface area contributed by atoms with Crippen LogP contribution in [0.3, 0.4) is 0 Å². The summed E-state index contributed by atoms with van der Waals surface area (Å²) in [4.78, 5) is 12.7. The van der Waals surface area contributed by atoms with Crippen LogP contribution in [0.1, 0.15) is 41.7 Å². The molecule has 7 nitrogen and oxygen atoms in total. The molecule has 0 unspecified atom stereocenters. The average Bonchev–Trinajstić information content (AvgIpc) is 3.33. The van der Waals surface area contributed by atoms with E-state index in [4.69, 9.17) is 11.5 Å². The molecule has 2 aromatic rings. The van der Waals surface area contributed by atoms with Gasteiger partial charge in [0.1, 0.15) is 0 Å². The van der Waals surface area contributed by atoms with Crippen molar-refractivity contribution in [3.05, 3.63) is 47.8 Å². The number of terminal acetylenes is 1. The molecular formula is C20H23N5O2. The molecule has 0 saturated carbocycles. The molecule has 2 heterocycles. The fourth-order valence-corrected chi connectivity index (χ4v) is 2.89. The van der Waals surface area contributed by atoms with E-state index >= 15 is 0 Å². The minimum absolute atomic E-state index is 0.0677. The Bertz CT molecular complexity index is 845. The van der Waals surface area contributed by atoms with E-state index < -0.39 is 5.66 Å². The number of aliphatic hydroxyl groups is 1. The number of para-hydroxylation sites is 1. The SMILES string of the molecule is C#CCCC1(CCNC(=O)c2nn(-c3ccccc3)cc2CCCO)N=N1. The number of nitrogens with one attached hydrogen (secondary N) is 1. The third-order valence-corrected chi connectivity index (χ3v) is 4.49. The zero-order chi connectivity index (χ0) is 19.1. The Hall–Kier alpha value is -2.98. The van der Waals surface area contributed by atoms with E-state index in [-0.39, 0.29) is 12.5 Å². The molecular weight excluding hydrogens is 342 g/mol. The van der Waals surface area contributed by atoms with Crippen LogP contribution in [0.5, 0.6) is 0 Å². The quantitative estimate of drug-likeness (QED) is 0.634. The number of aromatic nitrogens is 2. The lowest BCUT2D eigenvalue weighted by molar-refractivity contribution is 0.0945. The van der Waals surface area contributed by atoms with Crippen LogP contribution in [0.15, 0.2) is 46.8 Å². The molecule has 1 amide bonds. The Morgan fingerprint density at radius 2 is 2.04 bits per heavy atom. The Morgan fingerprint density at radius 3 is 2.70 bits per heavy atom. The first-order valence-electron chi connectivity index (χ1n) is 9.08. The van der Waals surface area contributed by atoms with Gasteiger partial charge in [-0.1, -0.05) is 18.2 Å². The van der Waals surface area contributed by atoms with E-state index in [1.54, 1.807) is 4.68 Å². The normalized spacial score (nSPS) is 13.9. The van der Waals surface area contributed by atoms with Gasteiger partial charge in [-0.05, 0) is 25.0 Å². The lowest BCUT2D eigenvalue weighted by Gasteiger charge is -2.09. The van der Waals surface area contributed by atoms with Gasteiger partial charge < -0.3 is 10.4 Å². The number of carbonyl (C=O) groups excluding carboxylic acids is 1. The fraction of sp³-hybridized carbons (Fsp3) is 0.400. The summed E-state index contributed by atoms with van der Waals surface area (Å²) in [7, 11) is 0. The molecule has 0 radical (unpaired) electrons. The van der Waals surface area contributed by atoms with Gasteiger partial charge in [-0.15, -0.1) is 12.3 Å². The van der Waals surface area contributed by atoms with E-state index in [1.807, 2.05) is 36.5 Å². The number of carbonyl (C=O) groups is 1. The number of hydrogen-bond donors (Lipinski definition) is 2. The predicted molar refractivity (Wildman–Crippen MR) is 102 cm³/mol. The Labute approximate surface area is 158 Å². The molecule has 27 heavy (non-hydrogen) atoms. The molecule has 1 aromatic carbocycles. The van der Waals surface area contributed by atoms with Crippen LogP contribution in [0.25, 0.3) is 5.69 Å². The van der Waals surface area contributed by atoms with E-state index in [9.17, 15) is 4.79 Å². The lowest BCUT2D eigenvalue weighted by atomic mass is 10.0. The number of rotatable bonds is 10. The molecule has 3 rings (SSSR count). The van der Waals surface area contributed by atoms with Crippen LogP contribution in [0, 0.1) is 12.3 Å². The van der Waals surface area contributed by atoms with E-state index in [2.05, 4.69) is 26.6 Å². The first kappa shape index (κ1) is 18.8. The van der Waals surface area contributed by atoms with Crippen molar-refractivity contribution in [3.63, 3.8) is 0 Å². The largest absolute Gasteiger partial charge is 0.396 e. The van der Waals surface area contributed by atoms with Crippen LogP contribution in [0.4, 0.5) is 0 Å². The van der Waals surface area contributed by atoms with Gasteiger partial charge in [0, 0.05) is 44.2 Å². The molecule has 0 spiro atoms. The summed E-state index contributed by atoms with van der Waals surface area (Å²) in [6.07, 6.45) is 10.3. The van der Waals surface area contributed by atoms with Crippen molar-refractivity contribution in [2.75, 3.05) is 13.2 Å². The molecule has 140 valence electrons. The fourth-order valence-electron chi connectivity index (χ4n) is 2.89. The lowest BCUT2D eigenvalue weighted by Crippen LogP contribution is -2.29. The van der Waals surface area contributed by atoms with Crippen LogP contribution in [-0.4, -0.2) is 39.6 Å². The Morgan fingerprint density at radius 1 is 1.26 bits per heavy atom. The van der Waals surface area contributed by atoms with Crippen molar-refractivity contribution >= 4 is 5.91 Å². The van der Waals surface area contributed by atoms with Crippen molar-refractivity contribution in [1.82, 2.24) is 15.1 Å². The topological polar surface area (TPSA) is 91.9 Å². The predicted octanol–water partition coefficient (Wildman–Crippen LogP) is 2.49. The monoisotopic (exact) mass is 365 g/mol. The molecule has 7 heteroatoms. The van der Waals surface area contributed by atoms with Gasteiger partial charge in [-0.3, -0.25) is 4.79 Å². The van der Waals surface area contributed by atoms with Crippen LogP contribution >= 0.6 is 0 Å². The number of amides is 1. The van der Waals surface area contributed by atoms with Crippen molar-refractivity contribution in [1.29, 1.82) is 0 Å². The molecule has 1 aliphatic rings. The highest BCUT2D eigenvalue weighted by atomic mass is 16.2. The molecule has 1 aliphatic heterocycles. The summed E-state index contributed by atoms with van der Waals surface area (Å²) < 4.78 is 1.70. The van der Waals surface area contributed by atoms with E-state index in [1.165, 1.54) is 0 Å². The maximum absolute atomic E-state index is 12.7. The molecule has 0 saturated heterocycles. The Kier molecular flexibility index (Phi) is 5.99. The highest BCUT2D eigenvalue weighted by molar-refractivity contribution is 5.93. The van der Waals surface area contributed by atoms with Crippen LogP contribution in [0.2, 0.25) is 0 Å². The second-order valence-electron chi connectivity index (χ2n) is 6.50. The standard InChI is InChI=1S/C20H23N5O2/c1-2-3-11-20(23-24-20)12-13-21-19(27)18-16(8-7-14-26)15-25(22-18)17-9-5-4-6-10-17/h1,4-6,9-10,15,26H,3,7-8,11-14H2,(H,21,27). The molecule has 2 N–H and O–H groups in total. The van der Waals surface area contributed by atoms with Crippen molar-refractivity contribution in [3.8, 4) is 18.0 Å². The van der Waals surface area contributed by atoms with Gasteiger partial charge in [0.15, 0.2) is 11.4 Å². The maximum Gasteiger partial charge on any atom is 0.272 e. The van der Waals surface area contributed by atoms with Gasteiger partial charge in [-0.25, -0.2) is 4.68 Å². The maximum atomic E-state index is 12.7. The molecule has 1 aromatic heterocycles. The smallest absolute Gasteiger partial charge is 0.272 e. The van der Waals surface area contributed by atoms with Gasteiger partial charge in [-0.2, -0.15) is 15.3 Å². The van der Waals surface area contributed by atoms with Gasteiger partial charge in [0.25, 0.3) is 5.91 Å². The van der Waals surface area contributed by atoms with Crippen LogP contribution < -0.4 is 5.32 Å². The summed E-state index contributed by atoms with van der Waals surface area (Å²) in [5, 5.41) is 24.6. The summed E-state index contributed by atoms with van der Waals surface area (Å²) in [5.74, 6) is 2.36. The third kappa shape index (κ3) is 4.80. The van der Waals surface area contributed by atoms with Gasteiger partial charge in [0.05, 0.1) is 5.69 Å². The number of hydrogen-bond acceptors (Lipinski definition) is 5. The highest BCUT2D eigenvalue weighted by Crippen LogP contribution is 2.36.